The van der Waals surface area contributed by atoms with Crippen LogP contribution in [0.2, 0.25) is 0 Å². The summed E-state index contributed by atoms with van der Waals surface area (Å²) in [6.45, 7) is 28.1. The molecule has 4 aliphatic heterocycles. The second-order valence-corrected chi connectivity index (χ2v) is 49.1. The third kappa shape index (κ3) is 14.5. The first kappa shape index (κ1) is 79.9. The zero-order valence-electron chi connectivity index (χ0n) is 66.7. The minimum atomic E-state index is -3.47. The predicted molar refractivity (Wildman–Crippen MR) is 498 cm³/mol. The van der Waals surface area contributed by atoms with Crippen LogP contribution < -0.4 is 82.3 Å². The molecule has 9 heteroatoms. The monoisotopic (exact) mass is 1660 g/mol. The summed E-state index contributed by atoms with van der Waals surface area (Å²) < 4.78 is 26.3. The molecule has 4 aliphatic rings. The Labute approximate surface area is 689 Å². The second-order valence-electron chi connectivity index (χ2n) is 32.5. The van der Waals surface area contributed by atoms with Gasteiger partial charge in [-0.3, -0.25) is 0 Å². The van der Waals surface area contributed by atoms with Crippen LogP contribution in [0.15, 0.2) is 332 Å². The van der Waals surface area contributed by atoms with Crippen LogP contribution in [0.25, 0.3) is 0 Å². The molecule has 0 saturated carbocycles. The molecule has 4 heterocycles. The van der Waals surface area contributed by atoms with Gasteiger partial charge in [0.25, 0.3) is 6.71 Å². The van der Waals surface area contributed by atoms with E-state index < -0.39 is 26.5 Å². The Morgan fingerprint density at radius 2 is 0.602 bits per heavy atom. The molecular weight excluding hydrogens is 1550 g/mol. The van der Waals surface area contributed by atoms with Gasteiger partial charge in [0, 0.05) is 12.9 Å². The van der Waals surface area contributed by atoms with Crippen molar-refractivity contribution in [2.75, 3.05) is 4.90 Å². The van der Waals surface area contributed by atoms with Crippen LogP contribution >= 0.6 is 15.9 Å². The minimum absolute atomic E-state index is 0. The van der Waals surface area contributed by atoms with Gasteiger partial charge >= 0.3 is 470 Å². The predicted octanol–water partition coefficient (Wildman–Crippen LogP) is 18.5. The fourth-order valence-corrected chi connectivity index (χ4v) is 40.7. The van der Waals surface area contributed by atoms with Crippen molar-refractivity contribution >= 4 is 149 Å². The van der Waals surface area contributed by atoms with E-state index in [0.717, 1.165) is 39.6 Å². The van der Waals surface area contributed by atoms with Crippen LogP contribution in [0.5, 0.6) is 23.0 Å². The molecule has 559 valence electrons. The molecular formula is C104H102B3BrGe2NO2. The van der Waals surface area contributed by atoms with E-state index in [1.807, 2.05) is 0 Å². The van der Waals surface area contributed by atoms with Gasteiger partial charge < -0.3 is 4.74 Å². The molecule has 0 atom stereocenters. The fraction of sp³-hybridized carbons (Fsp3) is 0.192. The average molecular weight is 1660 g/mol. The van der Waals surface area contributed by atoms with Gasteiger partial charge in [0.2, 0.25) is 0 Å². The molecule has 0 saturated heterocycles. The molecule has 0 bridgehead atoms. The van der Waals surface area contributed by atoms with E-state index in [4.69, 9.17) is 9.47 Å². The molecule has 0 spiro atoms. The van der Waals surface area contributed by atoms with Crippen molar-refractivity contribution in [1.29, 1.82) is 0 Å². The van der Waals surface area contributed by atoms with Crippen LogP contribution in [0.1, 0.15) is 171 Å². The van der Waals surface area contributed by atoms with Crippen molar-refractivity contribution in [2.24, 2.45) is 0 Å². The summed E-state index contributed by atoms with van der Waals surface area (Å²) in [5, 5.41) is 0. The summed E-state index contributed by atoms with van der Waals surface area (Å²) in [5.74, 6) is 6.41. The Morgan fingerprint density at radius 3 is 0.973 bits per heavy atom. The number of hydrogen-bond donors (Lipinski definition) is 0. The van der Waals surface area contributed by atoms with E-state index in [9.17, 15) is 0 Å². The Hall–Kier alpha value is -9.76. The zero-order valence-corrected chi connectivity index (χ0v) is 72.5. The number of para-hydroxylation sites is 4. The van der Waals surface area contributed by atoms with Crippen LogP contribution in [0, 0.1) is 0 Å². The van der Waals surface area contributed by atoms with Crippen LogP contribution in [-0.2, 0) is 6.42 Å². The molecule has 0 unspecified atom stereocenters. The summed E-state index contributed by atoms with van der Waals surface area (Å²) in [5.41, 5.74) is 23.1. The molecule has 14 aromatic rings. The van der Waals surface area contributed by atoms with Gasteiger partial charge in [-0.15, -0.1) is 0 Å². The average Bonchev–Trinajstić information content (AvgIpc) is 0.706. The number of ether oxygens (including phenoxy) is 2. The molecule has 0 N–H and O–H groups in total. The second kappa shape index (κ2) is 33.7. The first-order valence-electron chi connectivity index (χ1n) is 40.2. The van der Waals surface area contributed by atoms with Crippen molar-refractivity contribution in [2.45, 2.75) is 132 Å². The molecule has 14 aromatic carbocycles. The van der Waals surface area contributed by atoms with Crippen molar-refractivity contribution in [3.05, 3.63) is 377 Å². The third-order valence-electron chi connectivity index (χ3n) is 23.8. The number of nitrogens with zero attached hydrogens (tertiary/aromatic N) is 1. The van der Waals surface area contributed by atoms with E-state index >= 15 is 0 Å². The SMILES string of the molecule is C.CC(C)c1cc(C(C)C)c(B2c3ccccc3Oc3cc(Br)ccc32)c(C(C)C)c1.CC(C)c1cc(C(C)C)c(B2c3ccccc3Oc3cc(N4c5cccc[c]5[Ge]([c]5ccccc5)([c]5ccccc5)[c]5ccccc54)ccc32)c(C(C)C)c1.[B].c1cc[c]([Ge]2([c]3ccccc3)[c]3ccccc3Cc3cccc[c]32)cc1. The quantitative estimate of drug-likeness (QED) is 0.107. The standard InChI is InChI=1S/C51H48BGeNO.C27H30BBrO.C25H20Ge.CH4.B/c1-34(2)37-31-41(35(3)4)51(42(32-37)36(5)6)52-43-23-13-18-28-49(43)55-50-33-40(29-30-44(50)52)54-47-26-16-14-24-45(47)53(38-19-9-7-10-20-38,39-21-11-8-12-22-39)46-25-15-17-27-48(46)54;1-16(2)19-13-21(17(3)4)27(22(14-19)18(5)6)28-23-9-7-8-10-25(23)30-26-15-20(29)11-12-24(26)28;1-3-13-22(14-4-1)26(23-15-5-2-6-16-23)24-17-9-7-11-20(24)19-21-12-8-10-18-25(21)26;;/h7-36H,1-6H3;7-18H,1-6H3;1-18H,19H2;1H4;. The maximum absolute atomic E-state index is 6.96. The van der Waals surface area contributed by atoms with E-state index in [2.05, 4.69) is 431 Å². The number of fused-ring (bicyclic) bond motifs is 8. The molecule has 3 nitrogen and oxygen atoms in total. The summed E-state index contributed by atoms with van der Waals surface area (Å²) in [6.07, 6.45) is 1.04. The maximum atomic E-state index is 6.96. The van der Waals surface area contributed by atoms with E-state index in [1.165, 1.54) is 115 Å². The molecule has 3 radical (unpaired) electrons. The van der Waals surface area contributed by atoms with Crippen LogP contribution in [0.3, 0.4) is 0 Å². The first-order chi connectivity index (χ1) is 54.0. The number of rotatable bonds is 13. The topological polar surface area (TPSA) is 21.7 Å². The molecule has 0 aromatic heterocycles. The summed E-state index contributed by atoms with van der Waals surface area (Å²) >= 11 is -2.82. The first-order valence-corrected chi connectivity index (χ1v) is 49.4. The van der Waals surface area contributed by atoms with E-state index in [0.29, 0.717) is 35.5 Å². The van der Waals surface area contributed by atoms with Gasteiger partial charge in [-0.1, -0.05) is 121 Å². The summed E-state index contributed by atoms with van der Waals surface area (Å²) in [4.78, 5) is 2.50. The third-order valence-corrected chi connectivity index (χ3v) is 45.0. The normalized spacial score (nSPS) is 13.5. The van der Waals surface area contributed by atoms with Gasteiger partial charge in [0.1, 0.15) is 11.5 Å². The number of benzene rings is 14. The van der Waals surface area contributed by atoms with Gasteiger partial charge in [-0.05, 0) is 69.5 Å². The number of hydrogen-bond acceptors (Lipinski definition) is 3. The molecule has 113 heavy (non-hydrogen) atoms. The Morgan fingerprint density at radius 1 is 0.301 bits per heavy atom. The van der Waals surface area contributed by atoms with Gasteiger partial charge in [-0.2, -0.15) is 0 Å². The van der Waals surface area contributed by atoms with Crippen molar-refractivity contribution < 1.29 is 9.47 Å². The molecule has 0 amide bonds. The zero-order chi connectivity index (χ0) is 76.8. The molecule has 18 rings (SSSR count). The fourth-order valence-electron chi connectivity index (χ4n) is 18.6. The number of halogens is 1. The van der Waals surface area contributed by atoms with Gasteiger partial charge in [-0.25, -0.2) is 0 Å². The van der Waals surface area contributed by atoms with Crippen molar-refractivity contribution in [1.82, 2.24) is 0 Å². The van der Waals surface area contributed by atoms with Crippen LogP contribution in [-0.4, -0.2) is 48.4 Å². The Bertz CT molecular complexity index is 5490. The van der Waals surface area contributed by atoms with E-state index in [1.54, 1.807) is 8.79 Å². The summed E-state index contributed by atoms with van der Waals surface area (Å²) in [6, 6.07) is 122. The van der Waals surface area contributed by atoms with Crippen LogP contribution in [0.4, 0.5) is 17.1 Å². The summed E-state index contributed by atoms with van der Waals surface area (Å²) in [7, 11) is 0. The Kier molecular flexibility index (Phi) is 23.8. The van der Waals surface area contributed by atoms with E-state index in [-0.39, 0.29) is 29.3 Å². The van der Waals surface area contributed by atoms with Crippen molar-refractivity contribution in [3.8, 4) is 23.0 Å². The van der Waals surface area contributed by atoms with Crippen molar-refractivity contribution in [3.63, 3.8) is 0 Å². The molecule has 0 aliphatic carbocycles. The van der Waals surface area contributed by atoms with Gasteiger partial charge in [0.15, 0.2) is 0 Å². The molecule has 0 fully saturated rings. The number of anilines is 3. The Balaban J connectivity index is 0.000000154. The van der Waals surface area contributed by atoms with Gasteiger partial charge in [0.05, 0.1) is 0 Å².